The van der Waals surface area contributed by atoms with Gasteiger partial charge in [0.1, 0.15) is 0 Å². The molecule has 0 radical (unpaired) electrons. The Labute approximate surface area is 291 Å². The van der Waals surface area contributed by atoms with Gasteiger partial charge in [-0.3, -0.25) is 19.2 Å². The van der Waals surface area contributed by atoms with E-state index in [0.29, 0.717) is 47.6 Å². The van der Waals surface area contributed by atoms with Crippen molar-refractivity contribution in [3.8, 4) is 0 Å². The molecule has 3 aromatic carbocycles. The van der Waals surface area contributed by atoms with Crippen LogP contribution in [-0.4, -0.2) is 56.0 Å². The molecule has 10 nitrogen and oxygen atoms in total. The number of hydroxylamine groups is 1. The van der Waals surface area contributed by atoms with Gasteiger partial charge in [0, 0.05) is 34.1 Å². The van der Waals surface area contributed by atoms with Crippen LogP contribution in [0.4, 0.5) is 0 Å². The quantitative estimate of drug-likeness (QED) is 0.177. The molecule has 3 aromatic rings. The van der Waals surface area contributed by atoms with Crippen LogP contribution in [0.3, 0.4) is 0 Å². The van der Waals surface area contributed by atoms with Crippen LogP contribution in [0, 0.1) is 0 Å². The Balaban J connectivity index is 1.44. The molecule has 2 aliphatic rings. The number of halogens is 2. The number of nitrogens with one attached hydrogen (secondary N) is 2. The van der Waals surface area contributed by atoms with E-state index < -0.39 is 40.0 Å². The normalized spacial score (nSPS) is 21.0. The minimum absolute atomic E-state index is 0.0657. The summed E-state index contributed by atoms with van der Waals surface area (Å²) < 4.78 is 32.6. The number of rotatable bonds is 12. The highest BCUT2D eigenvalue weighted by Gasteiger charge is 2.49. The number of benzene rings is 3. The zero-order chi connectivity index (χ0) is 34.4. The van der Waals surface area contributed by atoms with Gasteiger partial charge in [0.25, 0.3) is 11.8 Å². The highest BCUT2D eigenvalue weighted by atomic mass is 35.5. The average Bonchev–Trinajstić information content (AvgIpc) is 3.04. The molecule has 0 unspecified atom stereocenters. The van der Waals surface area contributed by atoms with Gasteiger partial charge >= 0.3 is 5.97 Å². The first kappa shape index (κ1) is 35.8. The third kappa shape index (κ3) is 8.56. The summed E-state index contributed by atoms with van der Waals surface area (Å²) in [7, 11) is -3.60. The van der Waals surface area contributed by atoms with E-state index >= 15 is 0 Å². The van der Waals surface area contributed by atoms with Gasteiger partial charge in [-0.05, 0) is 66.6 Å². The first-order chi connectivity index (χ1) is 23.0. The molecule has 0 aromatic heterocycles. The molecule has 0 bridgehead atoms. The molecule has 1 saturated carbocycles. The molecular formula is C35H39Cl2N3O7S. The molecule has 1 fully saturated rings. The second-order valence-corrected chi connectivity index (χ2v) is 14.7. The van der Waals surface area contributed by atoms with Gasteiger partial charge in [0.2, 0.25) is 10.0 Å². The fraction of sp³-hybridized carbons (Fsp3) is 0.400. The van der Waals surface area contributed by atoms with E-state index in [-0.39, 0.29) is 29.9 Å². The van der Waals surface area contributed by atoms with Crippen molar-refractivity contribution in [2.24, 2.45) is 0 Å². The van der Waals surface area contributed by atoms with E-state index in [4.69, 9.17) is 32.8 Å². The van der Waals surface area contributed by atoms with Gasteiger partial charge in [-0.25, -0.2) is 18.6 Å². The summed E-state index contributed by atoms with van der Waals surface area (Å²) in [6, 6.07) is 17.3. The molecule has 1 aliphatic carbocycles. The maximum Gasteiger partial charge on any atom is 0.306 e. The van der Waals surface area contributed by atoms with Crippen molar-refractivity contribution in [3.63, 3.8) is 0 Å². The first-order valence-corrected chi connectivity index (χ1v) is 18.6. The highest BCUT2D eigenvalue weighted by Crippen LogP contribution is 2.47. The molecule has 48 heavy (non-hydrogen) atoms. The van der Waals surface area contributed by atoms with Gasteiger partial charge in [0.05, 0.1) is 31.4 Å². The van der Waals surface area contributed by atoms with E-state index in [1.165, 1.54) is 0 Å². The minimum Gasteiger partial charge on any atom is -0.466 e. The van der Waals surface area contributed by atoms with E-state index in [0.717, 1.165) is 30.2 Å². The summed E-state index contributed by atoms with van der Waals surface area (Å²) in [6.07, 6.45) is 4.56. The Morgan fingerprint density at radius 1 is 0.958 bits per heavy atom. The van der Waals surface area contributed by atoms with E-state index in [1.807, 2.05) is 24.3 Å². The number of esters is 1. The topological polar surface area (TPSA) is 131 Å². The lowest BCUT2D eigenvalue weighted by Crippen LogP contribution is -2.59. The van der Waals surface area contributed by atoms with Crippen LogP contribution in [0.2, 0.25) is 10.0 Å². The second-order valence-electron chi connectivity index (χ2n) is 12.1. The number of carbonyl (C=O) groups excluding carboxylic acids is 3. The van der Waals surface area contributed by atoms with Gasteiger partial charge < -0.3 is 9.64 Å². The molecule has 1 aliphatic heterocycles. The molecule has 5 rings (SSSR count). The van der Waals surface area contributed by atoms with Crippen LogP contribution in [0.1, 0.15) is 83.6 Å². The van der Waals surface area contributed by atoms with Gasteiger partial charge in [-0.1, -0.05) is 84.6 Å². The second kappa shape index (κ2) is 15.8. The summed E-state index contributed by atoms with van der Waals surface area (Å²) in [4.78, 5) is 47.7. The van der Waals surface area contributed by atoms with Crippen LogP contribution in [0.15, 0.2) is 66.7 Å². The Morgan fingerprint density at radius 3 is 2.38 bits per heavy atom. The van der Waals surface area contributed by atoms with Crippen LogP contribution < -0.4 is 10.2 Å². The number of aryl methyl sites for hydroxylation is 1. The summed E-state index contributed by atoms with van der Waals surface area (Å²) in [6.45, 7) is 2.18. The zero-order valence-electron chi connectivity index (χ0n) is 26.8. The fourth-order valence-electron chi connectivity index (χ4n) is 6.66. The number of fused-ring (bicyclic) bond motifs is 1. The van der Waals surface area contributed by atoms with E-state index in [9.17, 15) is 22.8 Å². The maximum absolute atomic E-state index is 14.4. The standard InChI is InChI=1S/C35H39Cl2N3O7S/c1-3-46-31(41)19-16-22-12-14-23(15-13-22)21-47-38-34(42)32-25-8-4-5-9-26(25)35(43)40(33(32)27-18-17-24(36)20-28(27)37)30-11-7-6-10-29(30)39-48(2,44)45/h4-5,8-9,12-15,17-18,20,29-30,32-33,39H,3,6-7,10-11,16,19,21H2,1-2H3,(H,38,42)/t29-,30-,32+,33-/m0/s1. The van der Waals surface area contributed by atoms with Crippen LogP contribution in [0.5, 0.6) is 0 Å². The van der Waals surface area contributed by atoms with Gasteiger partial charge in [-0.2, -0.15) is 0 Å². The van der Waals surface area contributed by atoms with Gasteiger partial charge in [-0.15, -0.1) is 0 Å². The van der Waals surface area contributed by atoms with Crippen molar-refractivity contribution in [1.29, 1.82) is 0 Å². The van der Waals surface area contributed by atoms with Crippen LogP contribution in [-0.2, 0) is 42.2 Å². The number of carbonyl (C=O) groups is 3. The molecule has 0 saturated heterocycles. The number of amides is 2. The third-order valence-electron chi connectivity index (χ3n) is 8.75. The van der Waals surface area contributed by atoms with E-state index in [1.54, 1.807) is 54.3 Å². The minimum atomic E-state index is -3.60. The molecule has 2 N–H and O–H groups in total. The number of sulfonamides is 1. The Kier molecular flexibility index (Phi) is 11.8. The number of hydrogen-bond acceptors (Lipinski definition) is 7. The Morgan fingerprint density at radius 2 is 1.67 bits per heavy atom. The molecule has 13 heteroatoms. The monoisotopic (exact) mass is 715 g/mol. The van der Waals surface area contributed by atoms with Crippen molar-refractivity contribution >= 4 is 51.0 Å². The lowest BCUT2D eigenvalue weighted by molar-refractivity contribution is -0.143. The van der Waals surface area contributed by atoms with Crippen molar-refractivity contribution in [1.82, 2.24) is 15.1 Å². The molecule has 2 amide bonds. The zero-order valence-corrected chi connectivity index (χ0v) is 29.1. The van der Waals surface area contributed by atoms with Crippen LogP contribution in [0.25, 0.3) is 0 Å². The largest absolute Gasteiger partial charge is 0.466 e. The summed E-state index contributed by atoms with van der Waals surface area (Å²) >= 11 is 13.0. The Bertz CT molecular complexity index is 1750. The molecule has 256 valence electrons. The number of hydrogen-bond donors (Lipinski definition) is 2. The summed E-state index contributed by atoms with van der Waals surface area (Å²) in [5.74, 6) is -2.02. The molecular weight excluding hydrogens is 677 g/mol. The SMILES string of the molecule is CCOC(=O)CCc1ccc(CONC(=O)[C@@H]2c3ccccc3C(=O)N([C@H]3CCCC[C@@H]3NS(C)(=O)=O)[C@H]2c2ccc(Cl)cc2Cl)cc1. The first-order valence-electron chi connectivity index (χ1n) is 16.0. The lowest BCUT2D eigenvalue weighted by Gasteiger charge is -2.49. The maximum atomic E-state index is 14.4. The lowest BCUT2D eigenvalue weighted by atomic mass is 9.76. The number of nitrogens with zero attached hydrogens (tertiary/aromatic N) is 1. The Hall–Kier alpha value is -3.48. The van der Waals surface area contributed by atoms with Crippen molar-refractivity contribution in [2.45, 2.75) is 76.1 Å². The van der Waals surface area contributed by atoms with Crippen molar-refractivity contribution in [3.05, 3.63) is 105 Å². The fourth-order valence-corrected chi connectivity index (χ4v) is 8.01. The summed E-state index contributed by atoms with van der Waals surface area (Å²) in [5.41, 5.74) is 5.73. The highest BCUT2D eigenvalue weighted by molar-refractivity contribution is 7.88. The van der Waals surface area contributed by atoms with Crippen molar-refractivity contribution < 1.29 is 32.4 Å². The molecule has 0 spiro atoms. The molecule has 4 atom stereocenters. The molecule has 1 heterocycles. The number of ether oxygens (including phenoxy) is 1. The summed E-state index contributed by atoms with van der Waals surface area (Å²) in [5, 5.41) is 0.665. The average molecular weight is 717 g/mol. The van der Waals surface area contributed by atoms with Crippen LogP contribution >= 0.6 is 23.2 Å². The smallest absolute Gasteiger partial charge is 0.306 e. The predicted octanol–water partition coefficient (Wildman–Crippen LogP) is 5.88. The van der Waals surface area contributed by atoms with Crippen molar-refractivity contribution in [2.75, 3.05) is 12.9 Å². The third-order valence-corrected chi connectivity index (χ3v) is 10.0. The van der Waals surface area contributed by atoms with E-state index in [2.05, 4.69) is 10.2 Å². The van der Waals surface area contributed by atoms with Gasteiger partial charge in [0.15, 0.2) is 0 Å². The predicted molar refractivity (Wildman–Crippen MR) is 183 cm³/mol.